The van der Waals surface area contributed by atoms with E-state index >= 15 is 0 Å². The number of amides is 2. The lowest BCUT2D eigenvalue weighted by Gasteiger charge is -2.21. The van der Waals surface area contributed by atoms with Crippen molar-refractivity contribution in [3.05, 3.63) is 29.8 Å². The first kappa shape index (κ1) is 17.4. The van der Waals surface area contributed by atoms with Gasteiger partial charge in [-0.3, -0.25) is 9.59 Å². The lowest BCUT2D eigenvalue weighted by Crippen LogP contribution is -2.45. The average Bonchev–Trinajstić information content (AvgIpc) is 3.25. The second-order valence-electron chi connectivity index (χ2n) is 6.21. The van der Waals surface area contributed by atoms with Gasteiger partial charge in [-0.25, -0.2) is 8.78 Å². The summed E-state index contributed by atoms with van der Waals surface area (Å²) in [5.74, 6) is -0.761. The molecule has 0 saturated carbocycles. The van der Waals surface area contributed by atoms with E-state index in [4.69, 9.17) is 11.2 Å². The molecular weight excluding hydrogens is 330 g/mol. The van der Waals surface area contributed by atoms with Crippen LogP contribution in [0.1, 0.15) is 19.3 Å². The molecule has 0 radical (unpaired) electrons. The van der Waals surface area contributed by atoms with Gasteiger partial charge in [-0.1, -0.05) is 5.92 Å². The highest BCUT2D eigenvalue weighted by molar-refractivity contribution is 6.00. The number of carbonyl (C=O) groups excluding carboxylic acids is 2. The summed E-state index contributed by atoms with van der Waals surface area (Å²) in [5.41, 5.74) is 0.229. The molecule has 0 aliphatic carbocycles. The standard InChI is InChI=1S/C18H18F2N2O3/c1-2-15(16-4-3-7-25-16)21-18(24)11-8-17(23)22(10-11)12-5-6-13(19)14(20)9-12/h1,5-6,9,11,15-16H,3-4,7-8,10H2,(H,21,24)/t11-,15-,16-/m0/s1. The third-order valence-corrected chi connectivity index (χ3v) is 4.52. The van der Waals surface area contributed by atoms with E-state index < -0.39 is 23.6 Å². The first-order chi connectivity index (χ1) is 12.0. The van der Waals surface area contributed by atoms with Gasteiger partial charge in [0, 0.05) is 31.3 Å². The van der Waals surface area contributed by atoms with Crippen LogP contribution in [0.2, 0.25) is 0 Å². The molecule has 2 aliphatic rings. The fourth-order valence-corrected chi connectivity index (χ4v) is 3.16. The number of nitrogens with one attached hydrogen (secondary N) is 1. The fourth-order valence-electron chi connectivity index (χ4n) is 3.16. The second kappa shape index (κ2) is 7.19. The van der Waals surface area contributed by atoms with E-state index in [2.05, 4.69) is 11.2 Å². The monoisotopic (exact) mass is 348 g/mol. The number of hydrogen-bond donors (Lipinski definition) is 1. The summed E-state index contributed by atoms with van der Waals surface area (Å²) in [6, 6.07) is 2.68. The highest BCUT2D eigenvalue weighted by Gasteiger charge is 2.37. The van der Waals surface area contributed by atoms with Gasteiger partial charge in [-0.05, 0) is 25.0 Å². The maximum Gasteiger partial charge on any atom is 0.227 e. The van der Waals surface area contributed by atoms with E-state index in [0.717, 1.165) is 25.0 Å². The van der Waals surface area contributed by atoms with Crippen LogP contribution in [0, 0.1) is 29.9 Å². The van der Waals surface area contributed by atoms with Crippen molar-refractivity contribution in [2.24, 2.45) is 5.92 Å². The molecule has 1 aromatic rings. The van der Waals surface area contributed by atoms with Crippen molar-refractivity contribution in [3.63, 3.8) is 0 Å². The number of nitrogens with zero attached hydrogens (tertiary/aromatic N) is 1. The molecular formula is C18H18F2N2O3. The summed E-state index contributed by atoms with van der Waals surface area (Å²) in [4.78, 5) is 25.9. The Labute approximate surface area is 144 Å². The molecule has 0 aromatic heterocycles. The van der Waals surface area contributed by atoms with Gasteiger partial charge in [0.25, 0.3) is 0 Å². The lowest BCUT2D eigenvalue weighted by atomic mass is 10.0. The van der Waals surface area contributed by atoms with Gasteiger partial charge >= 0.3 is 0 Å². The van der Waals surface area contributed by atoms with Crippen molar-refractivity contribution < 1.29 is 23.1 Å². The second-order valence-corrected chi connectivity index (χ2v) is 6.21. The van der Waals surface area contributed by atoms with Gasteiger partial charge in [0.15, 0.2) is 11.6 Å². The van der Waals surface area contributed by atoms with E-state index in [1.54, 1.807) is 0 Å². The molecule has 2 heterocycles. The molecule has 2 fully saturated rings. The number of benzene rings is 1. The molecule has 2 aliphatic heterocycles. The van der Waals surface area contributed by atoms with E-state index in [1.165, 1.54) is 11.0 Å². The Bertz CT molecular complexity index is 726. The Morgan fingerprint density at radius 2 is 2.20 bits per heavy atom. The summed E-state index contributed by atoms with van der Waals surface area (Å²) in [6.07, 6.45) is 6.93. The van der Waals surface area contributed by atoms with Gasteiger partial charge < -0.3 is 15.0 Å². The fraction of sp³-hybridized carbons (Fsp3) is 0.444. The summed E-state index contributed by atoms with van der Waals surface area (Å²) in [6.45, 7) is 0.711. The minimum atomic E-state index is -1.04. The van der Waals surface area contributed by atoms with Crippen LogP contribution < -0.4 is 10.2 Å². The molecule has 2 amide bonds. The average molecular weight is 348 g/mol. The number of anilines is 1. The normalized spacial score (nSPS) is 24.2. The number of ether oxygens (including phenoxy) is 1. The third kappa shape index (κ3) is 3.64. The van der Waals surface area contributed by atoms with Crippen LogP contribution in [0.15, 0.2) is 18.2 Å². The number of terminal acetylenes is 1. The predicted octanol–water partition coefficient (Wildman–Crippen LogP) is 1.61. The molecule has 0 unspecified atom stereocenters. The first-order valence-corrected chi connectivity index (χ1v) is 8.13. The lowest BCUT2D eigenvalue weighted by molar-refractivity contribution is -0.127. The SMILES string of the molecule is C#C[C@H](NC(=O)[C@H]1CC(=O)N(c2ccc(F)c(F)c2)C1)[C@@H]1CCCO1. The van der Waals surface area contributed by atoms with Crippen molar-refractivity contribution in [3.8, 4) is 12.3 Å². The van der Waals surface area contributed by atoms with Crippen LogP contribution in [0.5, 0.6) is 0 Å². The van der Waals surface area contributed by atoms with Crippen molar-refractivity contribution in [1.82, 2.24) is 5.32 Å². The van der Waals surface area contributed by atoms with Gasteiger partial charge in [0.05, 0.1) is 12.0 Å². The van der Waals surface area contributed by atoms with Crippen molar-refractivity contribution in [1.29, 1.82) is 0 Å². The van der Waals surface area contributed by atoms with Gasteiger partial charge in [-0.2, -0.15) is 0 Å². The van der Waals surface area contributed by atoms with Crippen molar-refractivity contribution >= 4 is 17.5 Å². The van der Waals surface area contributed by atoms with Crippen molar-refractivity contribution in [2.45, 2.75) is 31.4 Å². The smallest absolute Gasteiger partial charge is 0.227 e. The van der Waals surface area contributed by atoms with Crippen LogP contribution in [0.25, 0.3) is 0 Å². The Balaban J connectivity index is 1.66. The largest absolute Gasteiger partial charge is 0.375 e. The Morgan fingerprint density at radius 3 is 2.84 bits per heavy atom. The molecule has 3 rings (SSSR count). The molecule has 25 heavy (non-hydrogen) atoms. The van der Waals surface area contributed by atoms with E-state index in [1.807, 2.05) is 0 Å². The maximum absolute atomic E-state index is 13.4. The molecule has 5 nitrogen and oxygen atoms in total. The summed E-state index contributed by atoms with van der Waals surface area (Å²) >= 11 is 0. The van der Waals surface area contributed by atoms with Gasteiger partial charge in [-0.15, -0.1) is 6.42 Å². The van der Waals surface area contributed by atoms with Crippen LogP contribution in [0.4, 0.5) is 14.5 Å². The highest BCUT2D eigenvalue weighted by Crippen LogP contribution is 2.27. The number of carbonyl (C=O) groups is 2. The van der Waals surface area contributed by atoms with Gasteiger partial charge in [0.1, 0.15) is 6.04 Å². The number of halogens is 2. The van der Waals surface area contributed by atoms with Crippen molar-refractivity contribution in [2.75, 3.05) is 18.1 Å². The zero-order chi connectivity index (χ0) is 18.0. The van der Waals surface area contributed by atoms with Crippen LogP contribution in [-0.4, -0.2) is 37.1 Å². The summed E-state index contributed by atoms with van der Waals surface area (Å²) in [5, 5.41) is 2.75. The van der Waals surface area contributed by atoms with Crippen LogP contribution >= 0.6 is 0 Å². The Morgan fingerprint density at radius 1 is 1.40 bits per heavy atom. The predicted molar refractivity (Wildman–Crippen MR) is 86.6 cm³/mol. The van der Waals surface area contributed by atoms with Crippen LogP contribution in [-0.2, 0) is 14.3 Å². The quantitative estimate of drug-likeness (QED) is 0.841. The maximum atomic E-state index is 13.4. The summed E-state index contributed by atoms with van der Waals surface area (Å²) < 4.78 is 31.9. The minimum absolute atomic E-state index is 0.00631. The van der Waals surface area contributed by atoms with Crippen LogP contribution in [0.3, 0.4) is 0 Å². The first-order valence-electron chi connectivity index (χ1n) is 8.13. The van der Waals surface area contributed by atoms with E-state index in [0.29, 0.717) is 6.61 Å². The molecule has 0 spiro atoms. The molecule has 2 saturated heterocycles. The minimum Gasteiger partial charge on any atom is -0.375 e. The Kier molecular flexibility index (Phi) is 5.00. The zero-order valence-electron chi connectivity index (χ0n) is 13.5. The Hall–Kier alpha value is -2.46. The zero-order valence-corrected chi connectivity index (χ0v) is 13.5. The third-order valence-electron chi connectivity index (χ3n) is 4.52. The molecule has 3 atom stereocenters. The molecule has 1 N–H and O–H groups in total. The number of hydrogen-bond acceptors (Lipinski definition) is 3. The summed E-state index contributed by atoms with van der Waals surface area (Å²) in [7, 11) is 0. The number of rotatable bonds is 4. The van der Waals surface area contributed by atoms with Gasteiger partial charge in [0.2, 0.25) is 11.8 Å². The highest BCUT2D eigenvalue weighted by atomic mass is 19.2. The molecule has 1 aromatic carbocycles. The molecule has 0 bridgehead atoms. The topological polar surface area (TPSA) is 58.6 Å². The van der Waals surface area contributed by atoms with E-state index in [9.17, 15) is 18.4 Å². The molecule has 132 valence electrons. The molecule has 7 heteroatoms. The van der Waals surface area contributed by atoms with E-state index in [-0.39, 0.29) is 36.6 Å².